The van der Waals surface area contributed by atoms with Crippen LogP contribution >= 0.6 is 11.8 Å². The zero-order chi connectivity index (χ0) is 17.6. The molecule has 0 aromatic heterocycles. The number of carbonyl (C=O) groups excluding carboxylic acids is 1. The number of rotatable bonds is 6. The van der Waals surface area contributed by atoms with Gasteiger partial charge in [-0.25, -0.2) is 4.79 Å². The van der Waals surface area contributed by atoms with Gasteiger partial charge in [-0.05, 0) is 29.8 Å². The Hall–Kier alpha value is -2.67. The fourth-order valence-corrected chi connectivity index (χ4v) is 3.33. The van der Waals surface area contributed by atoms with E-state index in [1.807, 2.05) is 30.3 Å². The number of thioether (sulfide) groups is 1. The molecule has 0 spiro atoms. The molecule has 7 heteroatoms. The van der Waals surface area contributed by atoms with E-state index in [1.54, 1.807) is 30.0 Å². The fourth-order valence-electron chi connectivity index (χ4n) is 2.34. The molecule has 1 heterocycles. The lowest BCUT2D eigenvalue weighted by Crippen LogP contribution is -2.41. The van der Waals surface area contributed by atoms with Gasteiger partial charge in [-0.1, -0.05) is 24.3 Å². The molecule has 1 aliphatic rings. The average Bonchev–Trinajstić information content (AvgIpc) is 2.64. The first-order chi connectivity index (χ1) is 12.1. The number of carboxylic acid groups (broad SMARTS) is 1. The second-order valence-electron chi connectivity index (χ2n) is 5.41. The van der Waals surface area contributed by atoms with Crippen molar-refractivity contribution in [3.8, 4) is 11.5 Å². The van der Waals surface area contributed by atoms with Crippen molar-refractivity contribution in [2.75, 3.05) is 12.4 Å². The summed E-state index contributed by atoms with van der Waals surface area (Å²) < 4.78 is 10.9. The fraction of sp³-hybridized carbons (Fsp3) is 0.222. The molecule has 130 valence electrons. The SMILES string of the molecule is O=C(O)COc1cccc(CNC(=O)[C@H]2CSc3ccccc3O2)c1. The molecular weight excluding hydrogens is 342 g/mol. The van der Waals surface area contributed by atoms with Gasteiger partial charge in [-0.15, -0.1) is 11.8 Å². The minimum absolute atomic E-state index is 0.182. The van der Waals surface area contributed by atoms with E-state index in [-0.39, 0.29) is 5.91 Å². The van der Waals surface area contributed by atoms with E-state index >= 15 is 0 Å². The van der Waals surface area contributed by atoms with Crippen LogP contribution in [0.4, 0.5) is 0 Å². The molecule has 0 saturated carbocycles. The van der Waals surface area contributed by atoms with E-state index < -0.39 is 18.7 Å². The second-order valence-corrected chi connectivity index (χ2v) is 6.47. The molecule has 6 nitrogen and oxygen atoms in total. The lowest BCUT2D eigenvalue weighted by Gasteiger charge is -2.24. The minimum atomic E-state index is -1.04. The van der Waals surface area contributed by atoms with Gasteiger partial charge in [0.1, 0.15) is 11.5 Å². The highest BCUT2D eigenvalue weighted by Crippen LogP contribution is 2.34. The van der Waals surface area contributed by atoms with Crippen LogP contribution in [0.2, 0.25) is 0 Å². The van der Waals surface area contributed by atoms with Crippen molar-refractivity contribution >= 4 is 23.6 Å². The molecule has 2 aromatic rings. The Morgan fingerprint density at radius 1 is 1.24 bits per heavy atom. The third-order valence-corrected chi connectivity index (χ3v) is 4.65. The number of benzene rings is 2. The second kappa shape index (κ2) is 7.94. The van der Waals surface area contributed by atoms with Crippen molar-refractivity contribution in [3.05, 3.63) is 54.1 Å². The molecule has 1 aliphatic heterocycles. The van der Waals surface area contributed by atoms with Crippen LogP contribution < -0.4 is 14.8 Å². The number of carboxylic acids is 1. The third kappa shape index (κ3) is 4.67. The zero-order valence-electron chi connectivity index (χ0n) is 13.3. The molecule has 0 aliphatic carbocycles. The Kier molecular flexibility index (Phi) is 5.45. The molecule has 0 unspecified atom stereocenters. The lowest BCUT2D eigenvalue weighted by atomic mass is 10.2. The number of hydrogen-bond acceptors (Lipinski definition) is 5. The van der Waals surface area contributed by atoms with Crippen molar-refractivity contribution in [2.24, 2.45) is 0 Å². The van der Waals surface area contributed by atoms with Gasteiger partial charge in [0.05, 0.1) is 0 Å². The Morgan fingerprint density at radius 2 is 2.08 bits per heavy atom. The maximum Gasteiger partial charge on any atom is 0.341 e. The van der Waals surface area contributed by atoms with E-state index in [0.29, 0.717) is 18.0 Å². The van der Waals surface area contributed by atoms with E-state index in [2.05, 4.69) is 5.32 Å². The molecule has 0 radical (unpaired) electrons. The highest BCUT2D eigenvalue weighted by molar-refractivity contribution is 7.99. The monoisotopic (exact) mass is 359 g/mol. The molecule has 1 amide bonds. The topological polar surface area (TPSA) is 84.9 Å². The number of amides is 1. The first-order valence-corrected chi connectivity index (χ1v) is 8.70. The van der Waals surface area contributed by atoms with Crippen molar-refractivity contribution < 1.29 is 24.2 Å². The summed E-state index contributed by atoms with van der Waals surface area (Å²) in [6.07, 6.45) is -0.536. The highest BCUT2D eigenvalue weighted by atomic mass is 32.2. The van der Waals surface area contributed by atoms with Crippen LogP contribution in [0.5, 0.6) is 11.5 Å². The molecular formula is C18H17NO5S. The van der Waals surface area contributed by atoms with Crippen molar-refractivity contribution in [1.29, 1.82) is 0 Å². The number of ether oxygens (including phenoxy) is 2. The van der Waals surface area contributed by atoms with Gasteiger partial charge in [0, 0.05) is 17.2 Å². The number of nitrogens with one attached hydrogen (secondary N) is 1. The molecule has 2 N–H and O–H groups in total. The molecule has 3 rings (SSSR count). The molecule has 0 saturated heterocycles. The van der Waals surface area contributed by atoms with Gasteiger partial charge in [-0.3, -0.25) is 4.79 Å². The standard InChI is InChI=1S/C18H17NO5S/c20-17(21)10-23-13-5-3-4-12(8-13)9-19-18(22)15-11-25-16-7-2-1-6-14(16)24-15/h1-8,15H,9-11H2,(H,19,22)(H,20,21)/t15-/m1/s1. The van der Waals surface area contributed by atoms with Crippen molar-refractivity contribution in [3.63, 3.8) is 0 Å². The van der Waals surface area contributed by atoms with E-state index in [9.17, 15) is 9.59 Å². The Balaban J connectivity index is 1.54. The van der Waals surface area contributed by atoms with Gasteiger partial charge in [0.2, 0.25) is 0 Å². The van der Waals surface area contributed by atoms with Gasteiger partial charge in [-0.2, -0.15) is 0 Å². The number of para-hydroxylation sites is 1. The average molecular weight is 359 g/mol. The van der Waals surface area contributed by atoms with Crippen LogP contribution in [0.1, 0.15) is 5.56 Å². The van der Waals surface area contributed by atoms with Gasteiger partial charge >= 0.3 is 5.97 Å². The zero-order valence-corrected chi connectivity index (χ0v) is 14.1. The summed E-state index contributed by atoms with van der Waals surface area (Å²) in [5.74, 6) is 0.519. The molecule has 25 heavy (non-hydrogen) atoms. The molecule has 0 bridgehead atoms. The number of fused-ring (bicyclic) bond motifs is 1. The third-order valence-electron chi connectivity index (χ3n) is 3.53. The van der Waals surface area contributed by atoms with Gasteiger partial charge < -0.3 is 19.9 Å². The maximum atomic E-state index is 12.3. The predicted molar refractivity (Wildman–Crippen MR) is 93.0 cm³/mol. The Labute approximate surface area is 149 Å². The molecule has 0 fully saturated rings. The van der Waals surface area contributed by atoms with E-state index in [0.717, 1.165) is 16.2 Å². The summed E-state index contributed by atoms with van der Waals surface area (Å²) in [5.41, 5.74) is 0.820. The maximum absolute atomic E-state index is 12.3. The van der Waals surface area contributed by atoms with Crippen LogP contribution in [0.15, 0.2) is 53.4 Å². The van der Waals surface area contributed by atoms with Crippen LogP contribution in [-0.4, -0.2) is 35.4 Å². The predicted octanol–water partition coefficient (Wildman–Crippen LogP) is 2.32. The van der Waals surface area contributed by atoms with Gasteiger partial charge in [0.25, 0.3) is 5.91 Å². The van der Waals surface area contributed by atoms with Crippen LogP contribution in [0.25, 0.3) is 0 Å². The summed E-state index contributed by atoms with van der Waals surface area (Å²) >= 11 is 1.60. The van der Waals surface area contributed by atoms with Crippen LogP contribution in [0.3, 0.4) is 0 Å². The molecule has 2 aromatic carbocycles. The Morgan fingerprint density at radius 3 is 2.92 bits per heavy atom. The Bertz CT molecular complexity index is 780. The first-order valence-electron chi connectivity index (χ1n) is 7.71. The van der Waals surface area contributed by atoms with E-state index in [1.165, 1.54) is 0 Å². The van der Waals surface area contributed by atoms with Crippen molar-refractivity contribution in [2.45, 2.75) is 17.5 Å². The van der Waals surface area contributed by atoms with Gasteiger partial charge in [0.15, 0.2) is 12.7 Å². The highest BCUT2D eigenvalue weighted by Gasteiger charge is 2.26. The summed E-state index contributed by atoms with van der Waals surface area (Å²) in [6.45, 7) is -0.0857. The summed E-state index contributed by atoms with van der Waals surface area (Å²) in [6, 6.07) is 14.6. The van der Waals surface area contributed by atoms with Crippen molar-refractivity contribution in [1.82, 2.24) is 5.32 Å². The van der Waals surface area contributed by atoms with E-state index in [4.69, 9.17) is 14.6 Å². The van der Waals surface area contributed by atoms with Crippen LogP contribution in [0, 0.1) is 0 Å². The van der Waals surface area contributed by atoms with Crippen LogP contribution in [-0.2, 0) is 16.1 Å². The molecule has 1 atom stereocenters. The summed E-state index contributed by atoms with van der Waals surface area (Å²) in [5, 5.41) is 11.5. The minimum Gasteiger partial charge on any atom is -0.482 e. The quantitative estimate of drug-likeness (QED) is 0.823. The number of hydrogen-bond donors (Lipinski definition) is 2. The largest absolute Gasteiger partial charge is 0.482 e. The lowest BCUT2D eigenvalue weighted by molar-refractivity contribution is -0.139. The summed E-state index contributed by atoms with van der Waals surface area (Å²) in [7, 11) is 0. The first kappa shape index (κ1) is 17.2. The smallest absolute Gasteiger partial charge is 0.341 e. The normalized spacial score (nSPS) is 15.6. The summed E-state index contributed by atoms with van der Waals surface area (Å²) in [4.78, 5) is 23.9. The number of carbonyl (C=O) groups is 2. The number of aliphatic carboxylic acids is 1.